The molecule has 0 aliphatic rings. The molecular formula is C16H28ClN3O. The van der Waals surface area contributed by atoms with Crippen molar-refractivity contribution >= 4 is 18.3 Å². The number of nitrogens with zero attached hydrogens (tertiary/aromatic N) is 1. The average Bonchev–Trinajstić information content (AvgIpc) is 2.39. The number of pyridine rings is 1. The molecule has 0 bridgehead atoms. The lowest BCUT2D eigenvalue weighted by Crippen LogP contribution is -2.52. The van der Waals surface area contributed by atoms with Crippen LogP contribution >= 0.6 is 12.4 Å². The molecule has 1 heterocycles. The van der Waals surface area contributed by atoms with E-state index in [4.69, 9.17) is 5.73 Å². The summed E-state index contributed by atoms with van der Waals surface area (Å²) in [6.45, 7) is 8.72. The van der Waals surface area contributed by atoms with Crippen molar-refractivity contribution < 1.29 is 4.79 Å². The second kappa shape index (κ2) is 9.00. The van der Waals surface area contributed by atoms with E-state index in [-0.39, 0.29) is 24.2 Å². The number of rotatable bonds is 7. The fraction of sp³-hybridized carbons (Fsp3) is 0.625. The van der Waals surface area contributed by atoms with Crippen molar-refractivity contribution in [2.24, 2.45) is 11.7 Å². The van der Waals surface area contributed by atoms with Gasteiger partial charge in [0.05, 0.1) is 5.54 Å². The Morgan fingerprint density at radius 2 is 2.14 bits per heavy atom. The Kier molecular flexibility index (Phi) is 8.52. The molecule has 21 heavy (non-hydrogen) atoms. The Morgan fingerprint density at radius 1 is 1.48 bits per heavy atom. The number of halogens is 1. The van der Waals surface area contributed by atoms with Crippen LogP contribution in [0.25, 0.3) is 0 Å². The number of amides is 1. The molecule has 2 atom stereocenters. The lowest BCUT2D eigenvalue weighted by atomic mass is 9.88. The van der Waals surface area contributed by atoms with Gasteiger partial charge in [0, 0.05) is 24.9 Å². The molecule has 1 rings (SSSR count). The predicted octanol–water partition coefficient (Wildman–Crippen LogP) is 2.88. The second-order valence-corrected chi connectivity index (χ2v) is 6.01. The van der Waals surface area contributed by atoms with Crippen molar-refractivity contribution in [3.63, 3.8) is 0 Å². The maximum atomic E-state index is 12.2. The quantitative estimate of drug-likeness (QED) is 0.813. The van der Waals surface area contributed by atoms with Crippen LogP contribution in [-0.4, -0.2) is 23.0 Å². The van der Waals surface area contributed by atoms with Gasteiger partial charge in [-0.3, -0.25) is 9.78 Å². The van der Waals surface area contributed by atoms with Crippen LogP contribution in [-0.2, 0) is 4.79 Å². The molecule has 0 aliphatic carbocycles. The van der Waals surface area contributed by atoms with Gasteiger partial charge in [-0.05, 0) is 30.9 Å². The van der Waals surface area contributed by atoms with E-state index in [1.807, 2.05) is 19.2 Å². The SMILES string of the molecule is CCCC(C)(N)C(=O)NCC(c1cccnc1)C(C)C.Cl. The molecule has 0 aromatic carbocycles. The molecule has 1 amide bonds. The summed E-state index contributed by atoms with van der Waals surface area (Å²) in [5.41, 5.74) is 6.41. The van der Waals surface area contributed by atoms with Crippen LogP contribution in [0.15, 0.2) is 24.5 Å². The minimum atomic E-state index is -0.786. The van der Waals surface area contributed by atoms with Gasteiger partial charge in [0.25, 0.3) is 0 Å². The largest absolute Gasteiger partial charge is 0.354 e. The fourth-order valence-corrected chi connectivity index (χ4v) is 2.37. The Hall–Kier alpha value is -1.13. The number of aromatic nitrogens is 1. The highest BCUT2D eigenvalue weighted by atomic mass is 35.5. The first-order valence-electron chi connectivity index (χ1n) is 7.35. The fourth-order valence-electron chi connectivity index (χ4n) is 2.37. The second-order valence-electron chi connectivity index (χ2n) is 6.01. The van der Waals surface area contributed by atoms with E-state index in [1.165, 1.54) is 0 Å². The Morgan fingerprint density at radius 3 is 2.62 bits per heavy atom. The van der Waals surface area contributed by atoms with Crippen molar-refractivity contribution in [2.75, 3.05) is 6.54 Å². The van der Waals surface area contributed by atoms with Crippen molar-refractivity contribution in [1.82, 2.24) is 10.3 Å². The van der Waals surface area contributed by atoms with E-state index in [1.54, 1.807) is 13.1 Å². The molecule has 0 fully saturated rings. The van der Waals surface area contributed by atoms with Gasteiger partial charge in [0.15, 0.2) is 0 Å². The third-order valence-electron chi connectivity index (χ3n) is 3.69. The van der Waals surface area contributed by atoms with E-state index >= 15 is 0 Å². The standard InChI is InChI=1S/C16H27N3O.ClH/c1-5-8-16(4,17)15(20)19-11-14(12(2)3)13-7-6-9-18-10-13;/h6-7,9-10,12,14H,5,8,11,17H2,1-4H3,(H,19,20);1H. The van der Waals surface area contributed by atoms with Gasteiger partial charge in [-0.1, -0.05) is 33.3 Å². The molecule has 0 saturated heterocycles. The highest BCUT2D eigenvalue weighted by Gasteiger charge is 2.28. The van der Waals surface area contributed by atoms with E-state index in [0.29, 0.717) is 18.9 Å². The molecule has 3 N–H and O–H groups in total. The first-order chi connectivity index (χ1) is 9.38. The van der Waals surface area contributed by atoms with Crippen molar-refractivity contribution in [3.05, 3.63) is 30.1 Å². The molecule has 1 aromatic rings. The maximum absolute atomic E-state index is 12.2. The zero-order valence-corrected chi connectivity index (χ0v) is 14.2. The highest BCUT2D eigenvalue weighted by Crippen LogP contribution is 2.23. The summed E-state index contributed by atoms with van der Waals surface area (Å²) in [7, 11) is 0. The molecule has 1 aromatic heterocycles. The molecule has 0 saturated carbocycles. The molecule has 4 nitrogen and oxygen atoms in total. The van der Waals surface area contributed by atoms with Crippen LogP contribution in [0.5, 0.6) is 0 Å². The average molecular weight is 314 g/mol. The van der Waals surface area contributed by atoms with E-state index in [9.17, 15) is 4.79 Å². The predicted molar refractivity (Wildman–Crippen MR) is 89.6 cm³/mol. The van der Waals surface area contributed by atoms with E-state index in [0.717, 1.165) is 12.0 Å². The summed E-state index contributed by atoms with van der Waals surface area (Å²) in [6, 6.07) is 3.98. The number of carbonyl (C=O) groups is 1. The third kappa shape index (κ3) is 6.02. The molecular weight excluding hydrogens is 286 g/mol. The van der Waals surface area contributed by atoms with Gasteiger partial charge < -0.3 is 11.1 Å². The zero-order valence-electron chi connectivity index (χ0n) is 13.4. The minimum Gasteiger partial charge on any atom is -0.354 e. The van der Waals surface area contributed by atoms with Crippen LogP contribution in [0.3, 0.4) is 0 Å². The van der Waals surface area contributed by atoms with Crippen molar-refractivity contribution in [2.45, 2.75) is 52.0 Å². The van der Waals surface area contributed by atoms with Crippen molar-refractivity contribution in [1.29, 1.82) is 0 Å². The van der Waals surface area contributed by atoms with Crippen LogP contribution in [0, 0.1) is 5.92 Å². The van der Waals surface area contributed by atoms with Crippen LogP contribution in [0.4, 0.5) is 0 Å². The summed E-state index contributed by atoms with van der Waals surface area (Å²) in [4.78, 5) is 16.3. The Balaban J connectivity index is 0.00000400. The number of hydrogen-bond donors (Lipinski definition) is 2. The van der Waals surface area contributed by atoms with Gasteiger partial charge in [0.1, 0.15) is 0 Å². The van der Waals surface area contributed by atoms with Gasteiger partial charge in [-0.2, -0.15) is 0 Å². The normalized spacial score (nSPS) is 15.0. The molecule has 0 spiro atoms. The summed E-state index contributed by atoms with van der Waals surface area (Å²) in [5.74, 6) is 0.605. The first-order valence-corrected chi connectivity index (χ1v) is 7.35. The molecule has 0 aliphatic heterocycles. The topological polar surface area (TPSA) is 68.0 Å². The Bertz CT molecular complexity index is 421. The van der Waals surface area contributed by atoms with E-state index < -0.39 is 5.54 Å². The Labute approximate surface area is 134 Å². The zero-order chi connectivity index (χ0) is 15.2. The molecule has 5 heteroatoms. The number of nitrogens with two attached hydrogens (primary N) is 1. The third-order valence-corrected chi connectivity index (χ3v) is 3.69. The monoisotopic (exact) mass is 313 g/mol. The molecule has 120 valence electrons. The van der Waals surface area contributed by atoms with Crippen LogP contribution in [0.2, 0.25) is 0 Å². The van der Waals surface area contributed by atoms with Gasteiger partial charge in [-0.15, -0.1) is 12.4 Å². The number of nitrogens with one attached hydrogen (secondary N) is 1. The van der Waals surface area contributed by atoms with Crippen LogP contribution in [0.1, 0.15) is 52.0 Å². The maximum Gasteiger partial charge on any atom is 0.239 e. The van der Waals surface area contributed by atoms with Gasteiger partial charge in [0.2, 0.25) is 5.91 Å². The van der Waals surface area contributed by atoms with Gasteiger partial charge >= 0.3 is 0 Å². The number of carbonyl (C=O) groups excluding carboxylic acids is 1. The summed E-state index contributed by atoms with van der Waals surface area (Å²) < 4.78 is 0. The molecule has 0 radical (unpaired) electrons. The lowest BCUT2D eigenvalue weighted by Gasteiger charge is -2.26. The smallest absolute Gasteiger partial charge is 0.239 e. The van der Waals surface area contributed by atoms with Crippen LogP contribution < -0.4 is 11.1 Å². The summed E-state index contributed by atoms with van der Waals surface area (Å²) in [6.07, 6.45) is 5.22. The lowest BCUT2D eigenvalue weighted by molar-refractivity contribution is -0.126. The first kappa shape index (κ1) is 19.9. The van der Waals surface area contributed by atoms with Gasteiger partial charge in [-0.25, -0.2) is 0 Å². The van der Waals surface area contributed by atoms with E-state index in [2.05, 4.69) is 30.2 Å². The summed E-state index contributed by atoms with van der Waals surface area (Å²) >= 11 is 0. The number of hydrogen-bond acceptors (Lipinski definition) is 3. The molecule has 2 unspecified atom stereocenters. The van der Waals surface area contributed by atoms with Crippen molar-refractivity contribution in [3.8, 4) is 0 Å². The highest BCUT2D eigenvalue weighted by molar-refractivity contribution is 5.85. The minimum absolute atomic E-state index is 0. The summed E-state index contributed by atoms with van der Waals surface area (Å²) in [5, 5.41) is 3.00.